The Kier molecular flexibility index (Phi) is 4.79. The number of nitrogen functional groups attached to an aromatic ring is 1. The Morgan fingerprint density at radius 2 is 1.80 bits per heavy atom. The van der Waals surface area contributed by atoms with Crippen LogP contribution in [0.2, 0.25) is 0 Å². The zero-order chi connectivity index (χ0) is 14.5. The van der Waals surface area contributed by atoms with Gasteiger partial charge in [-0.2, -0.15) is 9.97 Å². The third-order valence-corrected chi connectivity index (χ3v) is 2.98. The van der Waals surface area contributed by atoms with E-state index in [1.165, 1.54) is 6.33 Å². The smallest absolute Gasteiger partial charge is 0.244 e. The van der Waals surface area contributed by atoms with E-state index in [1.54, 1.807) is 0 Å². The molecule has 2 rings (SSSR count). The van der Waals surface area contributed by atoms with Gasteiger partial charge in [0.25, 0.3) is 0 Å². The second-order valence-electron chi connectivity index (χ2n) is 4.48. The van der Waals surface area contributed by atoms with E-state index in [0.29, 0.717) is 24.1 Å². The molecule has 2 N–H and O–H groups in total. The number of anilines is 1. The molecule has 0 aliphatic rings. The summed E-state index contributed by atoms with van der Waals surface area (Å²) in [5.41, 5.74) is 7.28. The molecule has 6 heteroatoms. The third kappa shape index (κ3) is 3.84. The highest BCUT2D eigenvalue weighted by Gasteiger charge is 2.11. The monoisotopic (exact) mass is 337 g/mol. The maximum atomic E-state index is 5.94. The first-order valence-electron chi connectivity index (χ1n) is 6.20. The summed E-state index contributed by atoms with van der Waals surface area (Å²) < 4.78 is 12.1. The van der Waals surface area contributed by atoms with Gasteiger partial charge in [-0.3, -0.25) is 0 Å². The molecule has 0 saturated carbocycles. The zero-order valence-electron chi connectivity index (χ0n) is 11.3. The van der Waals surface area contributed by atoms with Gasteiger partial charge in [0.2, 0.25) is 11.8 Å². The minimum atomic E-state index is -0.00785. The predicted octanol–water partition coefficient (Wildman–Crippen LogP) is 3.19. The Morgan fingerprint density at radius 3 is 2.45 bits per heavy atom. The molecule has 20 heavy (non-hydrogen) atoms. The molecule has 0 amide bonds. The fourth-order valence-corrected chi connectivity index (χ4v) is 1.79. The summed E-state index contributed by atoms with van der Waals surface area (Å²) in [5, 5.41) is 0. The van der Waals surface area contributed by atoms with Crippen LogP contribution < -0.4 is 15.2 Å². The van der Waals surface area contributed by atoms with Gasteiger partial charge in [-0.1, -0.05) is 28.1 Å². The highest BCUT2D eigenvalue weighted by molar-refractivity contribution is 9.10. The molecule has 0 spiro atoms. The first-order valence-corrected chi connectivity index (χ1v) is 7.00. The van der Waals surface area contributed by atoms with Crippen molar-refractivity contribution in [3.8, 4) is 11.8 Å². The van der Waals surface area contributed by atoms with Gasteiger partial charge >= 0.3 is 0 Å². The molecule has 0 bridgehead atoms. The number of halogens is 1. The minimum absolute atomic E-state index is 0.00785. The van der Waals surface area contributed by atoms with E-state index < -0.39 is 0 Å². The first kappa shape index (κ1) is 14.6. The lowest BCUT2D eigenvalue weighted by Crippen LogP contribution is -2.10. The average Bonchev–Trinajstić information content (AvgIpc) is 2.41. The van der Waals surface area contributed by atoms with E-state index in [4.69, 9.17) is 15.2 Å². The molecular weight excluding hydrogens is 322 g/mol. The number of aromatic nitrogens is 2. The van der Waals surface area contributed by atoms with E-state index in [9.17, 15) is 0 Å². The van der Waals surface area contributed by atoms with E-state index in [-0.39, 0.29) is 6.10 Å². The van der Waals surface area contributed by atoms with Crippen molar-refractivity contribution >= 4 is 21.6 Å². The third-order valence-electron chi connectivity index (χ3n) is 2.45. The van der Waals surface area contributed by atoms with Crippen LogP contribution in [0.25, 0.3) is 0 Å². The normalized spacial score (nSPS) is 10.6. The Bertz CT molecular complexity index is 573. The number of nitrogens with zero attached hydrogens (tertiary/aromatic N) is 2. The largest absolute Gasteiger partial charge is 0.473 e. The molecule has 0 atom stereocenters. The van der Waals surface area contributed by atoms with Gasteiger partial charge in [-0.25, -0.2) is 0 Å². The van der Waals surface area contributed by atoms with Crippen LogP contribution >= 0.6 is 15.9 Å². The number of benzene rings is 1. The number of ether oxygens (including phenoxy) is 2. The lowest BCUT2D eigenvalue weighted by Gasteiger charge is -2.13. The van der Waals surface area contributed by atoms with Gasteiger partial charge in [-0.05, 0) is 31.5 Å². The van der Waals surface area contributed by atoms with Crippen molar-refractivity contribution in [1.82, 2.24) is 9.97 Å². The summed E-state index contributed by atoms with van der Waals surface area (Å²) >= 11 is 3.39. The number of hydrogen-bond donors (Lipinski definition) is 1. The van der Waals surface area contributed by atoms with Crippen LogP contribution in [-0.2, 0) is 6.61 Å². The van der Waals surface area contributed by atoms with Gasteiger partial charge in [-0.15, -0.1) is 0 Å². The van der Waals surface area contributed by atoms with Crippen molar-refractivity contribution in [3.63, 3.8) is 0 Å². The maximum absolute atomic E-state index is 5.94. The van der Waals surface area contributed by atoms with Crippen LogP contribution in [0.15, 0.2) is 35.1 Å². The van der Waals surface area contributed by atoms with Crippen molar-refractivity contribution in [3.05, 3.63) is 40.6 Å². The topological polar surface area (TPSA) is 70.3 Å². The van der Waals surface area contributed by atoms with E-state index in [1.807, 2.05) is 38.1 Å². The highest BCUT2D eigenvalue weighted by atomic mass is 79.9. The summed E-state index contributed by atoms with van der Waals surface area (Å²) in [7, 11) is 0. The highest BCUT2D eigenvalue weighted by Crippen LogP contribution is 2.27. The fraction of sp³-hybridized carbons (Fsp3) is 0.286. The molecule has 0 aliphatic heterocycles. The zero-order valence-corrected chi connectivity index (χ0v) is 12.9. The van der Waals surface area contributed by atoms with Gasteiger partial charge < -0.3 is 15.2 Å². The van der Waals surface area contributed by atoms with Gasteiger partial charge in [0.05, 0.1) is 6.10 Å². The lowest BCUT2D eigenvalue weighted by molar-refractivity contribution is 0.230. The van der Waals surface area contributed by atoms with Crippen LogP contribution in [0, 0.1) is 0 Å². The van der Waals surface area contributed by atoms with Crippen molar-refractivity contribution in [2.45, 2.75) is 26.6 Å². The van der Waals surface area contributed by atoms with Gasteiger partial charge in [0.1, 0.15) is 12.9 Å². The average molecular weight is 338 g/mol. The van der Waals surface area contributed by atoms with Crippen LogP contribution in [0.3, 0.4) is 0 Å². The number of rotatable bonds is 5. The SMILES string of the molecule is CC(C)Oc1ncnc(OCc2ccc(Br)cc2)c1N. The molecule has 0 radical (unpaired) electrons. The predicted molar refractivity (Wildman–Crippen MR) is 80.7 cm³/mol. The lowest BCUT2D eigenvalue weighted by atomic mass is 10.2. The fourth-order valence-electron chi connectivity index (χ4n) is 1.53. The van der Waals surface area contributed by atoms with E-state index in [0.717, 1.165) is 10.0 Å². The molecule has 1 heterocycles. The van der Waals surface area contributed by atoms with Gasteiger partial charge in [0, 0.05) is 4.47 Å². The molecule has 2 aromatic rings. The van der Waals surface area contributed by atoms with E-state index in [2.05, 4.69) is 25.9 Å². The molecule has 106 valence electrons. The summed E-state index contributed by atoms with van der Waals surface area (Å²) in [6, 6.07) is 7.84. The number of nitrogens with two attached hydrogens (primary N) is 1. The summed E-state index contributed by atoms with van der Waals surface area (Å²) in [5.74, 6) is 0.680. The summed E-state index contributed by atoms with van der Waals surface area (Å²) in [4.78, 5) is 8.03. The number of hydrogen-bond acceptors (Lipinski definition) is 5. The van der Waals surface area contributed by atoms with Crippen LogP contribution in [0.1, 0.15) is 19.4 Å². The van der Waals surface area contributed by atoms with Crippen LogP contribution in [-0.4, -0.2) is 16.1 Å². The standard InChI is InChI=1S/C14H16BrN3O2/c1-9(2)20-14-12(16)13(17-8-18-14)19-7-10-3-5-11(15)6-4-10/h3-6,8-9H,7,16H2,1-2H3. The summed E-state index contributed by atoms with van der Waals surface area (Å²) in [6.45, 7) is 4.20. The van der Waals surface area contributed by atoms with Crippen LogP contribution in [0.4, 0.5) is 5.69 Å². The molecule has 0 aliphatic carbocycles. The molecular formula is C14H16BrN3O2. The molecule has 0 saturated heterocycles. The van der Waals surface area contributed by atoms with Crippen molar-refractivity contribution < 1.29 is 9.47 Å². The van der Waals surface area contributed by atoms with Crippen LogP contribution in [0.5, 0.6) is 11.8 Å². The van der Waals surface area contributed by atoms with Crippen molar-refractivity contribution in [2.24, 2.45) is 0 Å². The van der Waals surface area contributed by atoms with Gasteiger partial charge in [0.15, 0.2) is 5.69 Å². The Balaban J connectivity index is 2.07. The second kappa shape index (κ2) is 6.56. The van der Waals surface area contributed by atoms with Crippen molar-refractivity contribution in [2.75, 3.05) is 5.73 Å². The maximum Gasteiger partial charge on any atom is 0.244 e. The molecule has 0 fully saturated rings. The molecule has 5 nitrogen and oxygen atoms in total. The summed E-state index contributed by atoms with van der Waals surface area (Å²) in [6.07, 6.45) is 1.37. The Morgan fingerprint density at radius 1 is 1.15 bits per heavy atom. The molecule has 0 unspecified atom stereocenters. The Hall–Kier alpha value is -1.82. The van der Waals surface area contributed by atoms with E-state index >= 15 is 0 Å². The molecule has 1 aromatic carbocycles. The quantitative estimate of drug-likeness (QED) is 0.907. The van der Waals surface area contributed by atoms with Crippen molar-refractivity contribution in [1.29, 1.82) is 0 Å². The Labute approximate surface area is 126 Å². The minimum Gasteiger partial charge on any atom is -0.473 e. The first-order chi connectivity index (χ1) is 9.56. The second-order valence-corrected chi connectivity index (χ2v) is 5.40. The molecule has 1 aromatic heterocycles.